The van der Waals surface area contributed by atoms with Crippen molar-refractivity contribution in [2.24, 2.45) is 0 Å². The van der Waals surface area contributed by atoms with E-state index in [-0.39, 0.29) is 0 Å². The van der Waals surface area contributed by atoms with Gasteiger partial charge in [0.05, 0.1) is 11.9 Å². The van der Waals surface area contributed by atoms with Crippen LogP contribution >= 0.6 is 21.4 Å². The number of aryl methyl sites for hydroxylation is 1. The first-order valence-corrected chi connectivity index (χ1v) is 7.11. The fraction of sp³-hybridized carbons (Fsp3) is 0.600. The highest BCUT2D eigenvalue weighted by molar-refractivity contribution is 7.80. The predicted molar refractivity (Wildman–Crippen MR) is 69.4 cm³/mol. The number of thiol groups is 1. The standard InChI is InChI=1S/C10H16N3PS/c15-6-3-9-7-11-8-10(12-9)13-4-1-2-5-14-13/h7-8,14-15H,1-6H2. The monoisotopic (exact) mass is 241 g/mol. The number of nitrogens with zero attached hydrogens (tertiary/aromatic N) is 3. The van der Waals surface area contributed by atoms with Crippen molar-refractivity contribution in [1.29, 1.82) is 0 Å². The van der Waals surface area contributed by atoms with Crippen LogP contribution in [0.1, 0.15) is 18.5 Å². The number of anilines is 1. The third-order valence-corrected chi connectivity index (χ3v) is 4.06. The summed E-state index contributed by atoms with van der Waals surface area (Å²) >= 11 is 4.21. The van der Waals surface area contributed by atoms with Crippen LogP contribution in [-0.4, -0.2) is 28.4 Å². The first-order chi connectivity index (χ1) is 7.40. The summed E-state index contributed by atoms with van der Waals surface area (Å²) in [5.74, 6) is 1.88. The highest BCUT2D eigenvalue weighted by Gasteiger charge is 2.12. The van der Waals surface area contributed by atoms with Crippen LogP contribution in [0.2, 0.25) is 0 Å². The molecule has 0 aliphatic carbocycles. The van der Waals surface area contributed by atoms with E-state index >= 15 is 0 Å². The van der Waals surface area contributed by atoms with Crippen molar-refractivity contribution in [2.75, 3.05) is 23.1 Å². The van der Waals surface area contributed by atoms with Gasteiger partial charge in [-0.15, -0.1) is 0 Å². The van der Waals surface area contributed by atoms with Crippen molar-refractivity contribution in [1.82, 2.24) is 9.97 Å². The Kier molecular flexibility index (Phi) is 4.21. The zero-order chi connectivity index (χ0) is 10.5. The van der Waals surface area contributed by atoms with E-state index in [1.165, 1.54) is 19.0 Å². The molecular formula is C10H16N3PS. The molecular weight excluding hydrogens is 225 g/mol. The van der Waals surface area contributed by atoms with E-state index in [1.54, 1.807) is 0 Å². The summed E-state index contributed by atoms with van der Waals surface area (Å²) in [6.07, 6.45) is 8.57. The Morgan fingerprint density at radius 3 is 3.07 bits per heavy atom. The smallest absolute Gasteiger partial charge is 0.150 e. The average molecular weight is 241 g/mol. The van der Waals surface area contributed by atoms with Crippen LogP contribution in [-0.2, 0) is 6.42 Å². The van der Waals surface area contributed by atoms with Gasteiger partial charge in [-0.25, -0.2) is 4.98 Å². The Bertz CT molecular complexity index is 315. The van der Waals surface area contributed by atoms with Gasteiger partial charge in [0, 0.05) is 19.2 Å². The molecule has 1 atom stereocenters. The Balaban J connectivity index is 2.09. The summed E-state index contributed by atoms with van der Waals surface area (Å²) in [5, 5.41) is 0. The number of aromatic nitrogens is 2. The summed E-state index contributed by atoms with van der Waals surface area (Å²) in [7, 11) is 0.880. The third kappa shape index (κ3) is 3.05. The lowest BCUT2D eigenvalue weighted by atomic mass is 10.3. The Hall–Kier alpha value is -0.340. The van der Waals surface area contributed by atoms with Crippen LogP contribution in [0.3, 0.4) is 0 Å². The van der Waals surface area contributed by atoms with Crippen LogP contribution in [0, 0.1) is 0 Å². The lowest BCUT2D eigenvalue weighted by Crippen LogP contribution is -2.20. The normalized spacial score (nSPS) is 18.3. The maximum absolute atomic E-state index is 4.61. The largest absolute Gasteiger partial charge is 0.337 e. The van der Waals surface area contributed by atoms with Crippen LogP contribution < -0.4 is 4.67 Å². The zero-order valence-electron chi connectivity index (χ0n) is 8.69. The molecule has 82 valence electrons. The average Bonchev–Trinajstić information content (AvgIpc) is 2.31. The van der Waals surface area contributed by atoms with Gasteiger partial charge in [-0.05, 0) is 33.5 Å². The van der Waals surface area contributed by atoms with Gasteiger partial charge in [-0.1, -0.05) is 0 Å². The summed E-state index contributed by atoms with van der Waals surface area (Å²) in [5.41, 5.74) is 1.05. The van der Waals surface area contributed by atoms with Crippen LogP contribution in [0.5, 0.6) is 0 Å². The number of rotatable bonds is 3. The lowest BCUT2D eigenvalue weighted by Gasteiger charge is -2.27. The highest BCUT2D eigenvalue weighted by atomic mass is 32.1. The second-order valence-corrected chi connectivity index (χ2v) is 5.41. The van der Waals surface area contributed by atoms with E-state index in [0.29, 0.717) is 0 Å². The van der Waals surface area contributed by atoms with Crippen molar-refractivity contribution in [3.63, 3.8) is 0 Å². The highest BCUT2D eigenvalue weighted by Crippen LogP contribution is 2.30. The zero-order valence-corrected chi connectivity index (χ0v) is 10.6. The summed E-state index contributed by atoms with van der Waals surface area (Å²) < 4.78 is 2.36. The molecule has 1 fully saturated rings. The third-order valence-electron chi connectivity index (χ3n) is 2.43. The molecule has 0 spiro atoms. The van der Waals surface area contributed by atoms with Gasteiger partial charge in [0.15, 0.2) is 0 Å². The fourth-order valence-corrected chi connectivity index (χ4v) is 3.14. The molecule has 0 amide bonds. The molecule has 1 aromatic rings. The first kappa shape index (κ1) is 11.2. The summed E-state index contributed by atoms with van der Waals surface area (Å²) in [6, 6.07) is 0. The number of hydrogen-bond acceptors (Lipinski definition) is 4. The molecule has 0 radical (unpaired) electrons. The molecule has 1 aromatic heterocycles. The molecule has 5 heteroatoms. The molecule has 1 aliphatic rings. The van der Waals surface area contributed by atoms with E-state index in [1.807, 2.05) is 12.4 Å². The number of hydrogen-bond donors (Lipinski definition) is 1. The molecule has 0 saturated carbocycles. The minimum absolute atomic E-state index is 0.834. The Labute approximate surface area is 97.9 Å². The van der Waals surface area contributed by atoms with Crippen molar-refractivity contribution in [3.05, 3.63) is 18.1 Å². The molecule has 1 unspecified atom stereocenters. The van der Waals surface area contributed by atoms with Gasteiger partial charge < -0.3 is 4.67 Å². The van der Waals surface area contributed by atoms with E-state index in [9.17, 15) is 0 Å². The Morgan fingerprint density at radius 1 is 1.40 bits per heavy atom. The molecule has 3 nitrogen and oxygen atoms in total. The molecule has 2 heterocycles. The van der Waals surface area contributed by atoms with Crippen LogP contribution in [0.25, 0.3) is 0 Å². The van der Waals surface area contributed by atoms with Crippen molar-refractivity contribution in [3.8, 4) is 0 Å². The fourth-order valence-electron chi connectivity index (χ4n) is 1.64. The quantitative estimate of drug-likeness (QED) is 0.649. The van der Waals surface area contributed by atoms with E-state index < -0.39 is 0 Å². The maximum Gasteiger partial charge on any atom is 0.150 e. The maximum atomic E-state index is 4.61. The Morgan fingerprint density at radius 2 is 2.33 bits per heavy atom. The van der Waals surface area contributed by atoms with Gasteiger partial charge in [0.2, 0.25) is 0 Å². The SMILES string of the molecule is SCCc1cncc(N2CCCCP2)n1. The van der Waals surface area contributed by atoms with E-state index in [0.717, 1.165) is 39.0 Å². The molecule has 0 aromatic carbocycles. The van der Waals surface area contributed by atoms with E-state index in [4.69, 9.17) is 0 Å². The minimum Gasteiger partial charge on any atom is -0.337 e. The molecule has 0 bridgehead atoms. The van der Waals surface area contributed by atoms with E-state index in [2.05, 4.69) is 27.3 Å². The van der Waals surface area contributed by atoms with Gasteiger partial charge >= 0.3 is 0 Å². The van der Waals surface area contributed by atoms with Crippen molar-refractivity contribution in [2.45, 2.75) is 19.3 Å². The second-order valence-electron chi connectivity index (χ2n) is 3.61. The van der Waals surface area contributed by atoms with Crippen molar-refractivity contribution >= 4 is 27.2 Å². The van der Waals surface area contributed by atoms with Gasteiger partial charge in [0.1, 0.15) is 5.82 Å². The molecule has 0 N–H and O–H groups in total. The van der Waals surface area contributed by atoms with Gasteiger partial charge in [-0.2, -0.15) is 12.6 Å². The minimum atomic E-state index is 0.834. The van der Waals surface area contributed by atoms with Gasteiger partial charge in [-0.3, -0.25) is 4.98 Å². The molecule has 1 saturated heterocycles. The van der Waals surface area contributed by atoms with Crippen LogP contribution in [0.15, 0.2) is 12.4 Å². The topological polar surface area (TPSA) is 29.0 Å². The lowest BCUT2D eigenvalue weighted by molar-refractivity contribution is 0.776. The second kappa shape index (κ2) is 5.66. The molecule has 15 heavy (non-hydrogen) atoms. The van der Waals surface area contributed by atoms with Crippen LogP contribution in [0.4, 0.5) is 5.82 Å². The molecule has 1 aliphatic heterocycles. The summed E-state index contributed by atoms with van der Waals surface area (Å²) in [6.45, 7) is 1.14. The predicted octanol–water partition coefficient (Wildman–Crippen LogP) is 2.14. The first-order valence-electron chi connectivity index (χ1n) is 5.33. The van der Waals surface area contributed by atoms with Gasteiger partial charge in [0.25, 0.3) is 0 Å². The van der Waals surface area contributed by atoms with Crippen molar-refractivity contribution < 1.29 is 0 Å². The summed E-state index contributed by atoms with van der Waals surface area (Å²) in [4.78, 5) is 8.85. The molecule has 2 rings (SSSR count).